The van der Waals surface area contributed by atoms with E-state index in [0.29, 0.717) is 22.4 Å². The number of anilines is 1. The molecule has 0 aliphatic heterocycles. The average Bonchev–Trinajstić information content (AvgIpc) is 2.62. The van der Waals surface area contributed by atoms with E-state index in [0.717, 1.165) is 16.8 Å². The van der Waals surface area contributed by atoms with Crippen LogP contribution >= 0.6 is 0 Å². The molecule has 3 rings (SSSR count). The van der Waals surface area contributed by atoms with Crippen LogP contribution in [0.3, 0.4) is 0 Å². The van der Waals surface area contributed by atoms with Gasteiger partial charge in [-0.05, 0) is 37.1 Å². The third kappa shape index (κ3) is 2.78. The zero-order valence-electron chi connectivity index (χ0n) is 14.6. The molecule has 3 aromatic rings. The van der Waals surface area contributed by atoms with Crippen molar-refractivity contribution in [1.29, 1.82) is 0 Å². The Labute approximate surface area is 145 Å². The van der Waals surface area contributed by atoms with Gasteiger partial charge in [-0.15, -0.1) is 0 Å². The van der Waals surface area contributed by atoms with Gasteiger partial charge in [0.05, 0.1) is 30.8 Å². The zero-order chi connectivity index (χ0) is 18.1. The molecular formula is C18H20N4O3. The van der Waals surface area contributed by atoms with E-state index in [4.69, 9.17) is 15.3 Å². The standard InChI is InChI=1S/C18H20N4O3/c1-10-5-6-11(2)14(7-10)22-17(23)12-8-15(24-3)16(25-4)9-13(12)20-18(22)21-19/h5-9H,19H2,1-4H3,(H,20,21). The minimum Gasteiger partial charge on any atom is -0.493 e. The Kier molecular flexibility index (Phi) is 4.33. The van der Waals surface area contributed by atoms with Crippen LogP contribution in [0.15, 0.2) is 35.1 Å². The SMILES string of the molecule is COc1cc2nc(NN)n(-c3cc(C)ccc3C)c(=O)c2cc1OC. The molecule has 1 heterocycles. The van der Waals surface area contributed by atoms with Gasteiger partial charge in [-0.3, -0.25) is 10.2 Å². The van der Waals surface area contributed by atoms with Gasteiger partial charge in [-0.2, -0.15) is 0 Å². The predicted octanol–water partition coefficient (Wildman–Crippen LogP) is 2.31. The number of fused-ring (bicyclic) bond motifs is 1. The maximum Gasteiger partial charge on any atom is 0.267 e. The largest absolute Gasteiger partial charge is 0.493 e. The van der Waals surface area contributed by atoms with Crippen molar-refractivity contribution in [2.24, 2.45) is 5.84 Å². The predicted molar refractivity (Wildman–Crippen MR) is 97.7 cm³/mol. The third-order valence-corrected chi connectivity index (χ3v) is 4.11. The number of nitrogens with zero attached hydrogens (tertiary/aromatic N) is 2. The third-order valence-electron chi connectivity index (χ3n) is 4.11. The number of nitrogens with two attached hydrogens (primary N) is 1. The number of aryl methyl sites for hydroxylation is 2. The van der Waals surface area contributed by atoms with Crippen molar-refractivity contribution >= 4 is 16.9 Å². The Bertz CT molecular complexity index is 1010. The Morgan fingerprint density at radius 2 is 1.76 bits per heavy atom. The van der Waals surface area contributed by atoms with Crippen LogP contribution in [0.25, 0.3) is 16.6 Å². The molecule has 1 aromatic heterocycles. The van der Waals surface area contributed by atoms with E-state index in [2.05, 4.69) is 10.4 Å². The van der Waals surface area contributed by atoms with Crippen molar-refractivity contribution in [3.8, 4) is 17.2 Å². The molecule has 0 saturated heterocycles. The molecule has 0 fully saturated rings. The quantitative estimate of drug-likeness (QED) is 0.559. The second-order valence-corrected chi connectivity index (χ2v) is 5.73. The normalized spacial score (nSPS) is 10.8. The number of rotatable bonds is 4. The minimum atomic E-state index is -0.243. The van der Waals surface area contributed by atoms with Gasteiger partial charge in [-0.1, -0.05) is 12.1 Å². The van der Waals surface area contributed by atoms with Crippen LogP contribution in [-0.2, 0) is 0 Å². The molecule has 25 heavy (non-hydrogen) atoms. The van der Waals surface area contributed by atoms with Crippen molar-refractivity contribution in [3.63, 3.8) is 0 Å². The summed E-state index contributed by atoms with van der Waals surface area (Å²) in [7, 11) is 3.05. The second-order valence-electron chi connectivity index (χ2n) is 5.73. The van der Waals surface area contributed by atoms with Crippen molar-refractivity contribution in [3.05, 3.63) is 51.8 Å². The molecule has 0 amide bonds. The summed E-state index contributed by atoms with van der Waals surface area (Å²) in [6, 6.07) is 9.15. The molecule has 7 nitrogen and oxygen atoms in total. The molecule has 130 valence electrons. The highest BCUT2D eigenvalue weighted by atomic mass is 16.5. The van der Waals surface area contributed by atoms with E-state index in [9.17, 15) is 4.79 Å². The Morgan fingerprint density at radius 1 is 1.08 bits per heavy atom. The van der Waals surface area contributed by atoms with Crippen LogP contribution in [-0.4, -0.2) is 23.8 Å². The number of hydrogen-bond acceptors (Lipinski definition) is 6. The number of hydrazine groups is 1. The van der Waals surface area contributed by atoms with Crippen molar-refractivity contribution in [2.45, 2.75) is 13.8 Å². The number of ether oxygens (including phenoxy) is 2. The van der Waals surface area contributed by atoms with Crippen molar-refractivity contribution < 1.29 is 9.47 Å². The second kappa shape index (κ2) is 6.45. The maximum absolute atomic E-state index is 13.2. The summed E-state index contributed by atoms with van der Waals surface area (Å²) in [6.07, 6.45) is 0. The first kappa shape index (κ1) is 16.8. The molecule has 0 atom stereocenters. The molecular weight excluding hydrogens is 320 g/mol. The minimum absolute atomic E-state index is 0.243. The lowest BCUT2D eigenvalue weighted by Gasteiger charge is -2.16. The molecule has 2 aromatic carbocycles. The van der Waals surface area contributed by atoms with Gasteiger partial charge >= 0.3 is 0 Å². The van der Waals surface area contributed by atoms with E-state index in [1.54, 1.807) is 12.1 Å². The van der Waals surface area contributed by atoms with E-state index >= 15 is 0 Å². The highest BCUT2D eigenvalue weighted by Gasteiger charge is 2.17. The van der Waals surface area contributed by atoms with Crippen LogP contribution in [0.4, 0.5) is 5.95 Å². The molecule has 0 bridgehead atoms. The van der Waals surface area contributed by atoms with Gasteiger partial charge < -0.3 is 9.47 Å². The van der Waals surface area contributed by atoms with E-state index in [-0.39, 0.29) is 11.5 Å². The van der Waals surface area contributed by atoms with Crippen LogP contribution in [0.2, 0.25) is 0 Å². The zero-order valence-corrected chi connectivity index (χ0v) is 14.6. The summed E-state index contributed by atoms with van der Waals surface area (Å²) in [5, 5.41) is 0.414. The van der Waals surface area contributed by atoms with E-state index in [1.165, 1.54) is 18.8 Å². The Hall–Kier alpha value is -3.06. The van der Waals surface area contributed by atoms with Gasteiger partial charge in [0.1, 0.15) is 0 Å². The summed E-state index contributed by atoms with van der Waals surface area (Å²) >= 11 is 0. The maximum atomic E-state index is 13.2. The monoisotopic (exact) mass is 340 g/mol. The summed E-state index contributed by atoms with van der Waals surface area (Å²) in [4.78, 5) is 17.6. The van der Waals surface area contributed by atoms with E-state index < -0.39 is 0 Å². The van der Waals surface area contributed by atoms with Gasteiger partial charge in [0.2, 0.25) is 5.95 Å². The van der Waals surface area contributed by atoms with Crippen LogP contribution in [0.5, 0.6) is 11.5 Å². The molecule has 3 N–H and O–H groups in total. The summed E-state index contributed by atoms with van der Waals surface area (Å²) in [6.45, 7) is 3.90. The summed E-state index contributed by atoms with van der Waals surface area (Å²) < 4.78 is 12.1. The molecule has 0 aliphatic rings. The lowest BCUT2D eigenvalue weighted by Crippen LogP contribution is -2.26. The van der Waals surface area contributed by atoms with Crippen molar-refractivity contribution in [2.75, 3.05) is 19.6 Å². The summed E-state index contributed by atoms with van der Waals surface area (Å²) in [5.74, 6) is 6.85. The first-order chi connectivity index (χ1) is 12.0. The first-order valence-corrected chi connectivity index (χ1v) is 7.73. The summed E-state index contributed by atoms with van der Waals surface area (Å²) in [5.41, 5.74) is 5.44. The smallest absolute Gasteiger partial charge is 0.267 e. The number of nitrogens with one attached hydrogen (secondary N) is 1. The number of hydrogen-bond donors (Lipinski definition) is 2. The molecule has 7 heteroatoms. The van der Waals surface area contributed by atoms with E-state index in [1.807, 2.05) is 32.0 Å². The Balaban J connectivity index is 2.41. The number of aromatic nitrogens is 2. The first-order valence-electron chi connectivity index (χ1n) is 7.73. The van der Waals surface area contributed by atoms with Crippen LogP contribution < -0.4 is 26.3 Å². The fourth-order valence-corrected chi connectivity index (χ4v) is 2.79. The van der Waals surface area contributed by atoms with Crippen molar-refractivity contribution in [1.82, 2.24) is 9.55 Å². The lowest BCUT2D eigenvalue weighted by atomic mass is 10.1. The van der Waals surface area contributed by atoms with Gasteiger partial charge in [0.15, 0.2) is 11.5 Å². The molecule has 0 aliphatic carbocycles. The Morgan fingerprint density at radius 3 is 2.40 bits per heavy atom. The highest BCUT2D eigenvalue weighted by Crippen LogP contribution is 2.31. The van der Waals surface area contributed by atoms with Crippen LogP contribution in [0, 0.1) is 13.8 Å². The number of methoxy groups -OCH3 is 2. The van der Waals surface area contributed by atoms with Gasteiger partial charge in [-0.25, -0.2) is 15.4 Å². The number of benzene rings is 2. The topological polar surface area (TPSA) is 91.4 Å². The molecule has 0 saturated carbocycles. The van der Waals surface area contributed by atoms with Gasteiger partial charge in [0.25, 0.3) is 5.56 Å². The van der Waals surface area contributed by atoms with Gasteiger partial charge in [0, 0.05) is 6.07 Å². The molecule has 0 unspecified atom stereocenters. The fourth-order valence-electron chi connectivity index (χ4n) is 2.79. The number of nitrogen functional groups attached to an aromatic ring is 1. The highest BCUT2D eigenvalue weighted by molar-refractivity contribution is 5.83. The molecule has 0 spiro atoms. The fraction of sp³-hybridized carbons (Fsp3) is 0.222. The average molecular weight is 340 g/mol. The lowest BCUT2D eigenvalue weighted by molar-refractivity contribution is 0.355. The van der Waals surface area contributed by atoms with Crippen LogP contribution in [0.1, 0.15) is 11.1 Å². The molecule has 0 radical (unpaired) electrons.